The number of thiophene rings is 1. The highest BCUT2D eigenvalue weighted by atomic mass is 32.2. The first kappa shape index (κ1) is 16.9. The van der Waals surface area contributed by atoms with E-state index in [0.29, 0.717) is 5.03 Å². The van der Waals surface area contributed by atoms with Crippen molar-refractivity contribution in [3.63, 3.8) is 0 Å². The van der Waals surface area contributed by atoms with Crippen molar-refractivity contribution in [1.82, 2.24) is 9.97 Å². The summed E-state index contributed by atoms with van der Waals surface area (Å²) in [4.78, 5) is 21.1. The van der Waals surface area contributed by atoms with Crippen LogP contribution in [0.5, 0.6) is 0 Å². The number of benzene rings is 1. The molecule has 0 unspecified atom stereocenters. The second-order valence-electron chi connectivity index (χ2n) is 6.24. The number of carboxylic acid groups (broad SMARTS) is 1. The van der Waals surface area contributed by atoms with Crippen LogP contribution in [0, 0.1) is 13.8 Å². The average molecular weight is 358 g/mol. The van der Waals surface area contributed by atoms with Crippen molar-refractivity contribution in [2.24, 2.45) is 0 Å². The van der Waals surface area contributed by atoms with Crippen molar-refractivity contribution in [2.75, 3.05) is 0 Å². The number of aryl methyl sites for hydroxylation is 2. The lowest BCUT2D eigenvalue weighted by Crippen LogP contribution is -2.27. The zero-order valence-electron chi connectivity index (χ0n) is 14.0. The van der Waals surface area contributed by atoms with E-state index in [1.807, 2.05) is 0 Å². The van der Waals surface area contributed by atoms with Gasteiger partial charge in [-0.2, -0.15) is 0 Å². The van der Waals surface area contributed by atoms with Gasteiger partial charge < -0.3 is 5.11 Å². The molecular formula is C18H18N2O2S2. The maximum atomic E-state index is 11.5. The summed E-state index contributed by atoms with van der Waals surface area (Å²) < 4.78 is -0.956. The minimum Gasteiger partial charge on any atom is -0.480 e. The Kier molecular flexibility index (Phi) is 4.36. The van der Waals surface area contributed by atoms with E-state index in [1.165, 1.54) is 29.2 Å². The molecule has 24 heavy (non-hydrogen) atoms. The van der Waals surface area contributed by atoms with E-state index in [0.717, 1.165) is 21.3 Å². The van der Waals surface area contributed by atoms with Gasteiger partial charge in [0.05, 0.1) is 5.39 Å². The lowest BCUT2D eigenvalue weighted by atomic mass is 9.99. The summed E-state index contributed by atoms with van der Waals surface area (Å²) in [6.07, 6.45) is 1.50. The molecule has 0 bridgehead atoms. The fourth-order valence-corrected chi connectivity index (χ4v) is 4.48. The van der Waals surface area contributed by atoms with E-state index < -0.39 is 10.7 Å². The lowest BCUT2D eigenvalue weighted by molar-refractivity contribution is -0.138. The van der Waals surface area contributed by atoms with E-state index in [-0.39, 0.29) is 0 Å². The molecule has 0 aliphatic rings. The summed E-state index contributed by atoms with van der Waals surface area (Å²) in [7, 11) is 0. The van der Waals surface area contributed by atoms with Crippen LogP contribution >= 0.6 is 23.1 Å². The topological polar surface area (TPSA) is 63.1 Å². The molecule has 0 aliphatic carbocycles. The van der Waals surface area contributed by atoms with Crippen LogP contribution in [0.2, 0.25) is 0 Å². The Morgan fingerprint density at radius 3 is 2.62 bits per heavy atom. The van der Waals surface area contributed by atoms with Gasteiger partial charge in [0.2, 0.25) is 0 Å². The smallest absolute Gasteiger partial charge is 0.319 e. The van der Waals surface area contributed by atoms with Gasteiger partial charge in [-0.15, -0.1) is 11.3 Å². The zero-order chi connectivity index (χ0) is 17.5. The van der Waals surface area contributed by atoms with Crippen LogP contribution in [0.1, 0.15) is 25.0 Å². The molecule has 2 aromatic heterocycles. The van der Waals surface area contributed by atoms with Crippen molar-refractivity contribution in [1.29, 1.82) is 0 Å². The molecule has 0 spiro atoms. The first-order chi connectivity index (χ1) is 11.3. The highest BCUT2D eigenvalue weighted by Crippen LogP contribution is 2.42. The van der Waals surface area contributed by atoms with Gasteiger partial charge in [-0.05, 0) is 38.8 Å². The molecule has 4 nitrogen and oxygen atoms in total. The summed E-state index contributed by atoms with van der Waals surface area (Å²) in [6, 6.07) is 6.34. The fourth-order valence-electron chi connectivity index (χ4n) is 2.52. The first-order valence-electron chi connectivity index (χ1n) is 7.52. The molecule has 0 radical (unpaired) electrons. The molecule has 1 N–H and O–H groups in total. The summed E-state index contributed by atoms with van der Waals surface area (Å²) in [5.74, 6) is -0.859. The number of hydrogen-bond donors (Lipinski definition) is 1. The standard InChI is InChI=1S/C18H18N2O2S2/c1-10-5-6-12(11(2)7-10)13-8-23-15-14(13)16(20-9-19-15)24-18(3,4)17(21)22/h5-9H,1-4H3,(H,21,22). The highest BCUT2D eigenvalue weighted by Gasteiger charge is 2.30. The number of carbonyl (C=O) groups is 1. The van der Waals surface area contributed by atoms with Gasteiger partial charge in [-0.3, -0.25) is 4.79 Å². The molecular weight excluding hydrogens is 340 g/mol. The van der Waals surface area contributed by atoms with E-state index in [2.05, 4.69) is 47.4 Å². The second-order valence-corrected chi connectivity index (χ2v) is 8.71. The third-order valence-electron chi connectivity index (χ3n) is 3.87. The number of nitrogens with zero attached hydrogens (tertiary/aromatic N) is 2. The van der Waals surface area contributed by atoms with Gasteiger partial charge in [-0.25, -0.2) is 9.97 Å². The van der Waals surface area contributed by atoms with Gasteiger partial charge in [0.25, 0.3) is 0 Å². The van der Waals surface area contributed by atoms with Gasteiger partial charge in [0.15, 0.2) is 0 Å². The van der Waals surface area contributed by atoms with Crippen LogP contribution in [0.3, 0.4) is 0 Å². The maximum absolute atomic E-state index is 11.5. The molecule has 6 heteroatoms. The van der Waals surface area contributed by atoms with Crippen LogP contribution in [0.4, 0.5) is 0 Å². The SMILES string of the molecule is Cc1ccc(-c2csc3ncnc(SC(C)(C)C(=O)O)c23)c(C)c1. The normalized spacial score (nSPS) is 11.8. The molecule has 0 saturated carbocycles. The van der Waals surface area contributed by atoms with Gasteiger partial charge in [-0.1, -0.05) is 35.5 Å². The number of aliphatic carboxylic acids is 1. The van der Waals surface area contributed by atoms with Gasteiger partial charge in [0.1, 0.15) is 20.9 Å². The summed E-state index contributed by atoms with van der Waals surface area (Å²) in [6.45, 7) is 7.54. The molecule has 1 aromatic carbocycles. The van der Waals surface area contributed by atoms with Crippen molar-refractivity contribution in [3.8, 4) is 11.1 Å². The third kappa shape index (κ3) is 3.03. The van der Waals surface area contributed by atoms with E-state index >= 15 is 0 Å². The van der Waals surface area contributed by atoms with Crippen LogP contribution in [0.25, 0.3) is 21.3 Å². The first-order valence-corrected chi connectivity index (χ1v) is 9.21. The molecule has 2 heterocycles. The largest absolute Gasteiger partial charge is 0.480 e. The molecule has 124 valence electrons. The van der Waals surface area contributed by atoms with Crippen molar-refractivity contribution in [2.45, 2.75) is 37.5 Å². The minimum atomic E-state index is -0.956. The Labute approximate surface area is 149 Å². The van der Waals surface area contributed by atoms with Crippen LogP contribution in [-0.4, -0.2) is 25.8 Å². The number of thioether (sulfide) groups is 1. The Bertz CT molecular complexity index is 932. The second kappa shape index (κ2) is 6.18. The summed E-state index contributed by atoms with van der Waals surface area (Å²) in [5.41, 5.74) is 4.61. The molecule has 0 amide bonds. The number of rotatable bonds is 4. The Morgan fingerprint density at radius 2 is 1.96 bits per heavy atom. The predicted molar refractivity (Wildman–Crippen MR) is 99.9 cm³/mol. The number of aromatic nitrogens is 2. The molecule has 0 atom stereocenters. The quantitative estimate of drug-likeness (QED) is 0.529. The predicted octanol–water partition coefficient (Wildman–Crippen LogP) is 4.93. The molecule has 0 fully saturated rings. The minimum absolute atomic E-state index is 0.712. The van der Waals surface area contributed by atoms with Crippen molar-refractivity contribution >= 4 is 39.3 Å². The zero-order valence-corrected chi connectivity index (χ0v) is 15.6. The molecule has 3 rings (SSSR count). The lowest BCUT2D eigenvalue weighted by Gasteiger charge is -2.18. The van der Waals surface area contributed by atoms with Crippen LogP contribution < -0.4 is 0 Å². The number of carboxylic acids is 1. The molecule has 0 aliphatic heterocycles. The number of fused-ring (bicyclic) bond motifs is 1. The highest BCUT2D eigenvalue weighted by molar-refractivity contribution is 8.01. The third-order valence-corrected chi connectivity index (χ3v) is 5.95. The summed E-state index contributed by atoms with van der Waals surface area (Å²) in [5, 5.41) is 13.2. The van der Waals surface area contributed by atoms with Gasteiger partial charge in [0, 0.05) is 10.9 Å². The van der Waals surface area contributed by atoms with E-state index in [1.54, 1.807) is 25.2 Å². The van der Waals surface area contributed by atoms with Crippen molar-refractivity contribution < 1.29 is 9.90 Å². The molecule has 0 saturated heterocycles. The van der Waals surface area contributed by atoms with Crippen LogP contribution in [-0.2, 0) is 4.79 Å². The fraction of sp³-hybridized carbons (Fsp3) is 0.278. The van der Waals surface area contributed by atoms with Gasteiger partial charge >= 0.3 is 5.97 Å². The monoisotopic (exact) mass is 358 g/mol. The Morgan fingerprint density at radius 1 is 1.21 bits per heavy atom. The Balaban J connectivity index is 2.19. The molecule has 3 aromatic rings. The average Bonchev–Trinajstić information content (AvgIpc) is 2.92. The Hall–Kier alpha value is -1.92. The summed E-state index contributed by atoms with van der Waals surface area (Å²) >= 11 is 2.82. The van der Waals surface area contributed by atoms with E-state index in [9.17, 15) is 9.90 Å². The maximum Gasteiger partial charge on any atom is 0.319 e. The number of hydrogen-bond acceptors (Lipinski definition) is 5. The van der Waals surface area contributed by atoms with E-state index in [4.69, 9.17) is 0 Å². The van der Waals surface area contributed by atoms with Crippen molar-refractivity contribution in [3.05, 3.63) is 41.0 Å². The van der Waals surface area contributed by atoms with Crippen LogP contribution in [0.15, 0.2) is 34.9 Å².